The molecule has 0 bridgehead atoms. The summed E-state index contributed by atoms with van der Waals surface area (Å²) < 4.78 is 9.75. The number of thiocarbonyl (C=S) groups is 1. The molecule has 0 aliphatic rings. The van der Waals surface area contributed by atoms with E-state index in [4.69, 9.17) is 27.4 Å². The minimum absolute atomic E-state index is 0.148. The lowest BCUT2D eigenvalue weighted by Gasteiger charge is -2.07. The van der Waals surface area contributed by atoms with E-state index >= 15 is 0 Å². The van der Waals surface area contributed by atoms with E-state index in [2.05, 4.69) is 5.32 Å². The van der Waals surface area contributed by atoms with Crippen LogP contribution in [0.15, 0.2) is 24.3 Å². The van der Waals surface area contributed by atoms with E-state index in [0.29, 0.717) is 17.9 Å². The molecule has 0 fully saturated rings. The molecule has 3 N–H and O–H groups in total. The average Bonchev–Trinajstić information content (AvgIpc) is 2.28. The fourth-order valence-corrected chi connectivity index (χ4v) is 1.29. The molecule has 0 aromatic heterocycles. The molecule has 0 aliphatic heterocycles. The first-order valence-electron chi connectivity index (χ1n) is 4.96. The van der Waals surface area contributed by atoms with Crippen LogP contribution in [-0.2, 0) is 9.47 Å². The van der Waals surface area contributed by atoms with E-state index in [1.54, 1.807) is 31.4 Å². The Labute approximate surface area is 105 Å². The molecule has 0 saturated carbocycles. The van der Waals surface area contributed by atoms with E-state index in [9.17, 15) is 4.79 Å². The molecule has 0 aliphatic carbocycles. The molecule has 0 radical (unpaired) electrons. The third kappa shape index (κ3) is 4.80. The van der Waals surface area contributed by atoms with E-state index < -0.39 is 5.97 Å². The van der Waals surface area contributed by atoms with E-state index in [1.807, 2.05) is 0 Å². The van der Waals surface area contributed by atoms with Gasteiger partial charge in [-0.1, -0.05) is 6.07 Å². The van der Waals surface area contributed by atoms with Gasteiger partial charge in [0.15, 0.2) is 5.11 Å². The number of anilines is 1. The molecule has 0 spiro atoms. The Morgan fingerprint density at radius 2 is 2.24 bits per heavy atom. The quantitative estimate of drug-likeness (QED) is 0.466. The molecule has 92 valence electrons. The molecule has 1 aromatic rings. The zero-order valence-electron chi connectivity index (χ0n) is 9.43. The molecule has 0 atom stereocenters. The predicted octanol–water partition coefficient (Wildman–Crippen LogP) is 1.15. The van der Waals surface area contributed by atoms with Crippen molar-refractivity contribution in [3.63, 3.8) is 0 Å². The van der Waals surface area contributed by atoms with E-state index in [0.717, 1.165) is 0 Å². The maximum atomic E-state index is 11.6. The van der Waals surface area contributed by atoms with E-state index in [1.165, 1.54) is 0 Å². The largest absolute Gasteiger partial charge is 0.460 e. The second-order valence-electron chi connectivity index (χ2n) is 3.20. The summed E-state index contributed by atoms with van der Waals surface area (Å²) >= 11 is 4.71. The topological polar surface area (TPSA) is 73.6 Å². The average molecular weight is 254 g/mol. The molecule has 17 heavy (non-hydrogen) atoms. The van der Waals surface area contributed by atoms with Crippen molar-refractivity contribution in [1.29, 1.82) is 0 Å². The van der Waals surface area contributed by atoms with Crippen LogP contribution in [0.4, 0.5) is 5.69 Å². The van der Waals surface area contributed by atoms with Crippen molar-refractivity contribution in [1.82, 2.24) is 0 Å². The molecular formula is C11H14N2O3S. The summed E-state index contributed by atoms with van der Waals surface area (Å²) in [7, 11) is 1.54. The second kappa shape index (κ2) is 6.82. The van der Waals surface area contributed by atoms with Crippen molar-refractivity contribution in [3.05, 3.63) is 29.8 Å². The molecule has 5 nitrogen and oxygen atoms in total. The van der Waals surface area contributed by atoms with Crippen molar-refractivity contribution in [2.45, 2.75) is 0 Å². The number of carbonyl (C=O) groups is 1. The summed E-state index contributed by atoms with van der Waals surface area (Å²) in [6, 6.07) is 6.74. The maximum absolute atomic E-state index is 11.6. The van der Waals surface area contributed by atoms with Crippen LogP contribution >= 0.6 is 12.2 Å². The Bertz CT molecular complexity index is 409. The van der Waals surface area contributed by atoms with Gasteiger partial charge < -0.3 is 20.5 Å². The number of nitrogens with one attached hydrogen (secondary N) is 1. The highest BCUT2D eigenvalue weighted by Gasteiger charge is 2.07. The van der Waals surface area contributed by atoms with Gasteiger partial charge in [-0.3, -0.25) is 0 Å². The van der Waals surface area contributed by atoms with Gasteiger partial charge >= 0.3 is 5.97 Å². The molecule has 0 saturated heterocycles. The monoisotopic (exact) mass is 254 g/mol. The standard InChI is InChI=1S/C11H14N2O3S/c1-15-5-6-16-10(14)8-3-2-4-9(7-8)13-11(12)17/h2-4,7H,5-6H2,1H3,(H3,12,13,17). The summed E-state index contributed by atoms with van der Waals surface area (Å²) in [5.74, 6) is -0.409. The zero-order valence-corrected chi connectivity index (χ0v) is 10.3. The molecule has 0 unspecified atom stereocenters. The Kier molecular flexibility index (Phi) is 5.38. The van der Waals surface area contributed by atoms with Gasteiger partial charge in [0, 0.05) is 12.8 Å². The van der Waals surface area contributed by atoms with Gasteiger partial charge in [0.1, 0.15) is 6.61 Å². The summed E-state index contributed by atoms with van der Waals surface area (Å²) in [4.78, 5) is 11.6. The lowest BCUT2D eigenvalue weighted by atomic mass is 10.2. The minimum Gasteiger partial charge on any atom is -0.460 e. The lowest BCUT2D eigenvalue weighted by Crippen LogP contribution is -2.19. The van der Waals surface area contributed by atoms with Crippen LogP contribution in [0.5, 0.6) is 0 Å². The molecular weight excluding hydrogens is 240 g/mol. The zero-order chi connectivity index (χ0) is 12.7. The molecule has 0 heterocycles. The van der Waals surface area contributed by atoms with Crippen LogP contribution in [0.1, 0.15) is 10.4 Å². The number of esters is 1. The Morgan fingerprint density at radius 1 is 1.47 bits per heavy atom. The van der Waals surface area contributed by atoms with Crippen molar-refractivity contribution < 1.29 is 14.3 Å². The first kappa shape index (κ1) is 13.4. The number of methoxy groups -OCH3 is 1. The van der Waals surface area contributed by atoms with Gasteiger partial charge in [0.05, 0.1) is 12.2 Å². The fourth-order valence-electron chi connectivity index (χ4n) is 1.17. The maximum Gasteiger partial charge on any atom is 0.338 e. The smallest absolute Gasteiger partial charge is 0.338 e. The lowest BCUT2D eigenvalue weighted by molar-refractivity contribution is 0.0388. The summed E-state index contributed by atoms with van der Waals surface area (Å²) in [6.45, 7) is 0.596. The number of hydrogen-bond donors (Lipinski definition) is 2. The highest BCUT2D eigenvalue weighted by molar-refractivity contribution is 7.80. The normalized spacial score (nSPS) is 9.71. The van der Waals surface area contributed by atoms with Crippen LogP contribution in [0.25, 0.3) is 0 Å². The second-order valence-corrected chi connectivity index (χ2v) is 3.64. The number of rotatable bonds is 5. The number of ether oxygens (including phenoxy) is 2. The Hall–Kier alpha value is -1.66. The summed E-state index contributed by atoms with van der Waals surface area (Å²) in [6.07, 6.45) is 0. The fraction of sp³-hybridized carbons (Fsp3) is 0.273. The number of hydrogen-bond acceptors (Lipinski definition) is 4. The predicted molar refractivity (Wildman–Crippen MR) is 69.0 cm³/mol. The van der Waals surface area contributed by atoms with E-state index in [-0.39, 0.29) is 11.7 Å². The highest BCUT2D eigenvalue weighted by Crippen LogP contribution is 2.11. The van der Waals surface area contributed by atoms with Gasteiger partial charge in [-0.2, -0.15) is 0 Å². The van der Waals surface area contributed by atoms with Crippen molar-refractivity contribution >= 4 is 29.0 Å². The van der Waals surface area contributed by atoms with Crippen LogP contribution in [-0.4, -0.2) is 31.4 Å². The van der Waals surface area contributed by atoms with Gasteiger partial charge in [-0.05, 0) is 30.4 Å². The third-order valence-corrected chi connectivity index (χ3v) is 1.99. The van der Waals surface area contributed by atoms with Crippen LogP contribution in [0, 0.1) is 0 Å². The van der Waals surface area contributed by atoms with Crippen molar-refractivity contribution in [3.8, 4) is 0 Å². The van der Waals surface area contributed by atoms with Gasteiger partial charge in [0.2, 0.25) is 0 Å². The van der Waals surface area contributed by atoms with Crippen LogP contribution in [0.3, 0.4) is 0 Å². The number of nitrogens with two attached hydrogens (primary N) is 1. The van der Waals surface area contributed by atoms with Crippen molar-refractivity contribution in [2.75, 3.05) is 25.6 Å². The van der Waals surface area contributed by atoms with Gasteiger partial charge in [-0.25, -0.2) is 4.79 Å². The van der Waals surface area contributed by atoms with Gasteiger partial charge in [-0.15, -0.1) is 0 Å². The number of carbonyl (C=O) groups excluding carboxylic acids is 1. The Balaban J connectivity index is 2.63. The molecule has 1 rings (SSSR count). The van der Waals surface area contributed by atoms with Crippen LogP contribution < -0.4 is 11.1 Å². The summed E-state index contributed by atoms with van der Waals surface area (Å²) in [5.41, 5.74) is 6.42. The number of benzene rings is 1. The van der Waals surface area contributed by atoms with Crippen LogP contribution in [0.2, 0.25) is 0 Å². The molecule has 1 aromatic carbocycles. The highest BCUT2D eigenvalue weighted by atomic mass is 32.1. The SMILES string of the molecule is COCCOC(=O)c1cccc(NC(N)=S)c1. The third-order valence-electron chi connectivity index (χ3n) is 1.89. The summed E-state index contributed by atoms with van der Waals surface area (Å²) in [5, 5.41) is 2.89. The first-order valence-corrected chi connectivity index (χ1v) is 5.37. The van der Waals surface area contributed by atoms with Crippen molar-refractivity contribution in [2.24, 2.45) is 5.73 Å². The minimum atomic E-state index is -0.409. The molecule has 6 heteroatoms. The molecule has 0 amide bonds. The van der Waals surface area contributed by atoms with Gasteiger partial charge in [0.25, 0.3) is 0 Å². The Morgan fingerprint density at radius 3 is 2.88 bits per heavy atom. The first-order chi connectivity index (χ1) is 8.13.